The maximum Gasteiger partial charge on any atom is 0.0666 e. The minimum absolute atomic E-state index is 0.716. The topological polar surface area (TPSA) is 43.8 Å². The van der Waals surface area contributed by atoms with Crippen LogP contribution >= 0.6 is 15.9 Å². The first kappa shape index (κ1) is 8.31. The normalized spacial score (nSPS) is 10.2. The van der Waals surface area contributed by atoms with E-state index in [9.17, 15) is 0 Å². The summed E-state index contributed by atoms with van der Waals surface area (Å²) >= 11 is 3.34. The van der Waals surface area contributed by atoms with Gasteiger partial charge in [0.25, 0.3) is 0 Å². The highest BCUT2D eigenvalue weighted by Gasteiger charge is 1.99. The Hall–Kier alpha value is -1.29. The molecule has 0 unspecified atom stereocenters. The molecule has 0 saturated heterocycles. The number of anilines is 1. The van der Waals surface area contributed by atoms with E-state index in [1.165, 1.54) is 0 Å². The zero-order valence-corrected chi connectivity index (χ0v) is 8.40. The Morgan fingerprint density at radius 3 is 2.85 bits per heavy atom. The van der Waals surface area contributed by atoms with E-state index >= 15 is 0 Å². The second kappa shape index (κ2) is 3.22. The molecule has 2 rings (SSSR count). The Balaban J connectivity index is 2.49. The molecule has 13 heavy (non-hydrogen) atoms. The molecule has 2 aromatic rings. The lowest BCUT2D eigenvalue weighted by Gasteiger charge is -2.03. The molecule has 1 aromatic carbocycles. The molecule has 2 N–H and O–H groups in total. The Morgan fingerprint density at radius 2 is 2.23 bits per heavy atom. The lowest BCUT2D eigenvalue weighted by atomic mass is 10.3. The SMILES string of the molecule is Nc1cc(-n2cccn2)ccc1Br. The van der Waals surface area contributed by atoms with Gasteiger partial charge in [-0.3, -0.25) is 0 Å². The van der Waals surface area contributed by atoms with Gasteiger partial charge in [-0.2, -0.15) is 5.10 Å². The van der Waals surface area contributed by atoms with Gasteiger partial charge in [-0.25, -0.2) is 4.68 Å². The maximum atomic E-state index is 5.74. The second-order valence-electron chi connectivity index (χ2n) is 2.66. The lowest BCUT2D eigenvalue weighted by molar-refractivity contribution is 0.881. The van der Waals surface area contributed by atoms with E-state index in [-0.39, 0.29) is 0 Å². The van der Waals surface area contributed by atoms with Crippen molar-refractivity contribution in [3.8, 4) is 5.69 Å². The molecule has 4 heteroatoms. The summed E-state index contributed by atoms with van der Waals surface area (Å²) < 4.78 is 2.67. The number of hydrogen-bond donors (Lipinski definition) is 1. The number of nitrogen functional groups attached to an aromatic ring is 1. The van der Waals surface area contributed by atoms with E-state index in [0.29, 0.717) is 5.69 Å². The number of halogens is 1. The Morgan fingerprint density at radius 1 is 1.38 bits per heavy atom. The van der Waals surface area contributed by atoms with Crippen LogP contribution in [-0.4, -0.2) is 9.78 Å². The van der Waals surface area contributed by atoms with E-state index in [2.05, 4.69) is 21.0 Å². The smallest absolute Gasteiger partial charge is 0.0666 e. The van der Waals surface area contributed by atoms with Crippen molar-refractivity contribution in [1.29, 1.82) is 0 Å². The molecule has 0 atom stereocenters. The first-order valence-corrected chi connectivity index (χ1v) is 4.62. The molecule has 0 radical (unpaired) electrons. The van der Waals surface area contributed by atoms with Crippen LogP contribution in [0.15, 0.2) is 41.1 Å². The molecule has 0 aliphatic rings. The third kappa shape index (κ3) is 1.58. The molecule has 0 amide bonds. The van der Waals surface area contributed by atoms with Crippen molar-refractivity contribution in [3.05, 3.63) is 41.1 Å². The summed E-state index contributed by atoms with van der Waals surface area (Å²) in [7, 11) is 0. The molecule has 66 valence electrons. The van der Waals surface area contributed by atoms with Crippen LogP contribution in [0.4, 0.5) is 5.69 Å². The van der Waals surface area contributed by atoms with Gasteiger partial charge in [-0.15, -0.1) is 0 Å². The van der Waals surface area contributed by atoms with E-state index in [4.69, 9.17) is 5.73 Å². The van der Waals surface area contributed by atoms with Gasteiger partial charge in [0, 0.05) is 22.6 Å². The summed E-state index contributed by atoms with van der Waals surface area (Å²) in [5, 5.41) is 4.10. The molecule has 0 fully saturated rings. The van der Waals surface area contributed by atoms with Gasteiger partial charge >= 0.3 is 0 Å². The molecule has 0 aliphatic heterocycles. The number of benzene rings is 1. The lowest BCUT2D eigenvalue weighted by Crippen LogP contribution is -1.96. The quantitative estimate of drug-likeness (QED) is 0.774. The zero-order valence-electron chi connectivity index (χ0n) is 6.81. The molecule has 0 saturated carbocycles. The van der Waals surface area contributed by atoms with Crippen LogP contribution in [0.2, 0.25) is 0 Å². The zero-order chi connectivity index (χ0) is 9.26. The van der Waals surface area contributed by atoms with Crippen LogP contribution in [0.1, 0.15) is 0 Å². The molecule has 3 nitrogen and oxygen atoms in total. The Kier molecular flexibility index (Phi) is 2.06. The Labute approximate surface area is 84.3 Å². The van der Waals surface area contributed by atoms with Gasteiger partial charge in [0.1, 0.15) is 0 Å². The van der Waals surface area contributed by atoms with E-state index < -0.39 is 0 Å². The molecule has 1 aromatic heterocycles. The van der Waals surface area contributed by atoms with Crippen molar-refractivity contribution in [2.24, 2.45) is 0 Å². The van der Waals surface area contributed by atoms with Crippen molar-refractivity contribution in [1.82, 2.24) is 9.78 Å². The predicted octanol–water partition coefficient (Wildman–Crippen LogP) is 2.22. The van der Waals surface area contributed by atoms with Gasteiger partial charge in [0.05, 0.1) is 5.69 Å². The van der Waals surface area contributed by atoms with Gasteiger partial charge in [0.2, 0.25) is 0 Å². The van der Waals surface area contributed by atoms with Crippen LogP contribution < -0.4 is 5.73 Å². The molecule has 1 heterocycles. The van der Waals surface area contributed by atoms with Crippen LogP contribution in [0.3, 0.4) is 0 Å². The first-order chi connectivity index (χ1) is 6.27. The van der Waals surface area contributed by atoms with E-state index in [1.807, 2.05) is 30.5 Å². The van der Waals surface area contributed by atoms with Crippen LogP contribution in [0.25, 0.3) is 5.69 Å². The summed E-state index contributed by atoms with van der Waals surface area (Å²) in [5.41, 5.74) is 7.42. The number of aromatic nitrogens is 2. The average molecular weight is 238 g/mol. The fourth-order valence-electron chi connectivity index (χ4n) is 1.10. The van der Waals surface area contributed by atoms with Crippen molar-refractivity contribution in [3.63, 3.8) is 0 Å². The maximum absolute atomic E-state index is 5.74. The molecule has 0 bridgehead atoms. The van der Waals surface area contributed by atoms with Gasteiger partial charge in [-0.1, -0.05) is 0 Å². The number of nitrogens with zero attached hydrogens (tertiary/aromatic N) is 2. The number of hydrogen-bond acceptors (Lipinski definition) is 2. The second-order valence-corrected chi connectivity index (χ2v) is 3.51. The van der Waals surface area contributed by atoms with E-state index in [0.717, 1.165) is 10.2 Å². The van der Waals surface area contributed by atoms with Crippen molar-refractivity contribution < 1.29 is 0 Å². The van der Waals surface area contributed by atoms with Crippen molar-refractivity contribution in [2.75, 3.05) is 5.73 Å². The minimum Gasteiger partial charge on any atom is -0.398 e. The monoisotopic (exact) mass is 237 g/mol. The fourth-order valence-corrected chi connectivity index (χ4v) is 1.34. The van der Waals surface area contributed by atoms with Crippen LogP contribution in [0.5, 0.6) is 0 Å². The third-order valence-electron chi connectivity index (χ3n) is 1.75. The molecule has 0 aliphatic carbocycles. The van der Waals surface area contributed by atoms with Crippen LogP contribution in [0, 0.1) is 0 Å². The highest BCUT2D eigenvalue weighted by atomic mass is 79.9. The highest BCUT2D eigenvalue weighted by Crippen LogP contribution is 2.21. The summed E-state index contributed by atoms with van der Waals surface area (Å²) in [6, 6.07) is 7.61. The van der Waals surface area contributed by atoms with Gasteiger partial charge < -0.3 is 5.73 Å². The van der Waals surface area contributed by atoms with Crippen molar-refractivity contribution in [2.45, 2.75) is 0 Å². The summed E-state index contributed by atoms with van der Waals surface area (Å²) in [5.74, 6) is 0. The van der Waals surface area contributed by atoms with Crippen molar-refractivity contribution >= 4 is 21.6 Å². The average Bonchev–Trinajstić information content (AvgIpc) is 2.62. The third-order valence-corrected chi connectivity index (χ3v) is 2.47. The van der Waals surface area contributed by atoms with Gasteiger partial charge in [0.15, 0.2) is 0 Å². The number of rotatable bonds is 1. The predicted molar refractivity (Wildman–Crippen MR) is 55.7 cm³/mol. The highest BCUT2D eigenvalue weighted by molar-refractivity contribution is 9.10. The van der Waals surface area contributed by atoms with Gasteiger partial charge in [-0.05, 0) is 40.2 Å². The summed E-state index contributed by atoms with van der Waals surface area (Å²) in [4.78, 5) is 0. The Bertz CT molecular complexity index is 409. The minimum atomic E-state index is 0.716. The largest absolute Gasteiger partial charge is 0.398 e. The first-order valence-electron chi connectivity index (χ1n) is 3.82. The fraction of sp³-hybridized carbons (Fsp3) is 0. The van der Waals surface area contributed by atoms with Crippen LogP contribution in [-0.2, 0) is 0 Å². The molecular formula is C9H8BrN3. The summed E-state index contributed by atoms with van der Waals surface area (Å²) in [6.45, 7) is 0. The standard InChI is InChI=1S/C9H8BrN3/c10-8-3-2-7(6-9(8)11)13-5-1-4-12-13/h1-6H,11H2. The molecule has 0 spiro atoms. The summed E-state index contributed by atoms with van der Waals surface area (Å²) in [6.07, 6.45) is 3.61. The molecular weight excluding hydrogens is 230 g/mol. The van der Waals surface area contributed by atoms with E-state index in [1.54, 1.807) is 10.9 Å². The number of nitrogens with two attached hydrogens (primary N) is 1.